The van der Waals surface area contributed by atoms with E-state index in [1.165, 1.54) is 0 Å². The molecule has 212 valence electrons. The van der Waals surface area contributed by atoms with Crippen LogP contribution in [0.4, 0.5) is 0 Å². The number of hydrogen-bond donors (Lipinski definition) is 8. The van der Waals surface area contributed by atoms with E-state index in [9.17, 15) is 45.6 Å². The lowest BCUT2D eigenvalue weighted by Crippen LogP contribution is -2.77. The lowest BCUT2D eigenvalue weighted by molar-refractivity contribution is -0.346. The Morgan fingerprint density at radius 1 is 1.05 bits per heavy atom. The number of Topliss-reactive ketones (excluding diaryl/α,β-unsaturated/α-hetero) is 1. The molecule has 4 rings (SSSR count). The second kappa shape index (κ2) is 9.29. The SMILES string of the molecule is C=C[C@@]1(C)C[C@@H](O)[C@H]2[C@](O)(C1)[C@H](O)C[C@H]1C(C)(C)[C@@H](O)C(=O)[C@@H](O[C@@H]3O[C@H](CO)[C@@H](O)[C@H](O)[C@H]3O)[C@@]12C. The summed E-state index contributed by atoms with van der Waals surface area (Å²) in [4.78, 5) is 13.7. The standard InChI is InChI=1S/C26H42O11/c1-6-24(4)8-11(28)19-25(5)13(7-14(29)26(19,35)10-24)23(2,3)20(34)18(33)21(25)37-22-17(32)16(31)15(30)12(9-27)36-22/h6,11-17,19-22,27-32,34-35H,1,7-10H2,2-5H3/t11-,12-,13+,14-,15-,16+,17-,19-,20+,21-,22+,24+,25+,26+/m1/s1. The number of ketones is 1. The van der Waals surface area contributed by atoms with Crippen molar-refractivity contribution in [3.63, 3.8) is 0 Å². The molecular weight excluding hydrogens is 488 g/mol. The zero-order chi connectivity index (χ0) is 27.9. The van der Waals surface area contributed by atoms with E-state index in [1.54, 1.807) is 26.8 Å². The molecule has 1 heterocycles. The molecule has 4 aliphatic rings. The van der Waals surface area contributed by atoms with E-state index < -0.39 is 101 Å². The monoisotopic (exact) mass is 530 g/mol. The van der Waals surface area contributed by atoms with Crippen LogP contribution >= 0.6 is 0 Å². The molecule has 1 saturated heterocycles. The number of fused-ring (bicyclic) bond motifs is 3. The van der Waals surface area contributed by atoms with Crippen LogP contribution in [0.25, 0.3) is 0 Å². The van der Waals surface area contributed by atoms with Gasteiger partial charge in [-0.3, -0.25) is 4.79 Å². The maximum atomic E-state index is 13.7. The van der Waals surface area contributed by atoms with Crippen LogP contribution in [-0.2, 0) is 14.3 Å². The number of aliphatic hydroxyl groups excluding tert-OH is 7. The Bertz CT molecular complexity index is 909. The Morgan fingerprint density at radius 3 is 2.24 bits per heavy atom. The van der Waals surface area contributed by atoms with Gasteiger partial charge in [0.1, 0.15) is 36.6 Å². The Labute approximate surface area is 216 Å². The van der Waals surface area contributed by atoms with Gasteiger partial charge >= 0.3 is 0 Å². The minimum Gasteiger partial charge on any atom is -0.394 e. The number of carbonyl (C=O) groups is 1. The third-order valence-corrected chi connectivity index (χ3v) is 10.0. The first-order chi connectivity index (χ1) is 17.0. The van der Waals surface area contributed by atoms with Crippen LogP contribution in [0.3, 0.4) is 0 Å². The van der Waals surface area contributed by atoms with E-state index in [1.807, 2.05) is 6.92 Å². The lowest BCUT2D eigenvalue weighted by Gasteiger charge is -2.68. The van der Waals surface area contributed by atoms with Gasteiger partial charge in [-0.25, -0.2) is 0 Å². The Kier molecular flexibility index (Phi) is 7.29. The summed E-state index contributed by atoms with van der Waals surface area (Å²) >= 11 is 0. The summed E-state index contributed by atoms with van der Waals surface area (Å²) in [7, 11) is 0. The Balaban J connectivity index is 1.82. The molecule has 0 bridgehead atoms. The van der Waals surface area contributed by atoms with E-state index >= 15 is 0 Å². The van der Waals surface area contributed by atoms with Crippen LogP contribution in [0.1, 0.15) is 47.0 Å². The van der Waals surface area contributed by atoms with Gasteiger partial charge < -0.3 is 50.3 Å². The minimum atomic E-state index is -1.83. The minimum absolute atomic E-state index is 0.00464. The fourth-order valence-electron chi connectivity index (χ4n) is 8.08. The normalized spacial score (nSPS) is 55.8. The van der Waals surface area contributed by atoms with Crippen molar-refractivity contribution < 1.29 is 55.1 Å². The highest BCUT2D eigenvalue weighted by molar-refractivity contribution is 5.90. The average molecular weight is 531 g/mol. The Hall–Kier alpha value is -0.990. The van der Waals surface area contributed by atoms with E-state index in [0.717, 1.165) is 0 Å². The van der Waals surface area contributed by atoms with Crippen molar-refractivity contribution in [3.8, 4) is 0 Å². The highest BCUT2D eigenvalue weighted by Crippen LogP contribution is 2.66. The molecule has 11 nitrogen and oxygen atoms in total. The van der Waals surface area contributed by atoms with Crippen LogP contribution in [0.5, 0.6) is 0 Å². The highest BCUT2D eigenvalue weighted by atomic mass is 16.7. The van der Waals surface area contributed by atoms with Crippen LogP contribution in [0, 0.1) is 28.1 Å². The summed E-state index contributed by atoms with van der Waals surface area (Å²) in [5.41, 5.74) is -4.98. The van der Waals surface area contributed by atoms with Gasteiger partial charge in [-0.2, -0.15) is 0 Å². The van der Waals surface area contributed by atoms with E-state index in [-0.39, 0.29) is 19.3 Å². The zero-order valence-electron chi connectivity index (χ0n) is 21.8. The van der Waals surface area contributed by atoms with Gasteiger partial charge in [0, 0.05) is 16.7 Å². The fraction of sp³-hybridized carbons (Fsp3) is 0.885. The number of aliphatic hydroxyl groups is 8. The van der Waals surface area contributed by atoms with Crippen LogP contribution in [-0.4, -0.2) is 114 Å². The number of hydrogen-bond acceptors (Lipinski definition) is 11. The zero-order valence-corrected chi connectivity index (χ0v) is 21.8. The van der Waals surface area contributed by atoms with Crippen molar-refractivity contribution in [2.75, 3.05) is 6.61 Å². The molecular formula is C26H42O11. The molecule has 14 atom stereocenters. The van der Waals surface area contributed by atoms with Crippen LogP contribution < -0.4 is 0 Å². The molecule has 0 amide bonds. The fourth-order valence-corrected chi connectivity index (χ4v) is 8.08. The van der Waals surface area contributed by atoms with Gasteiger partial charge in [0.15, 0.2) is 12.1 Å². The maximum absolute atomic E-state index is 13.7. The second-order valence-corrected chi connectivity index (χ2v) is 12.8. The molecule has 11 heteroatoms. The first kappa shape index (κ1) is 29.0. The molecule has 3 aliphatic carbocycles. The molecule has 0 aromatic carbocycles. The van der Waals surface area contributed by atoms with E-state index in [4.69, 9.17) is 9.47 Å². The van der Waals surface area contributed by atoms with Crippen molar-refractivity contribution in [3.05, 3.63) is 12.7 Å². The van der Waals surface area contributed by atoms with Crippen molar-refractivity contribution in [1.82, 2.24) is 0 Å². The Morgan fingerprint density at radius 2 is 1.68 bits per heavy atom. The first-order valence-corrected chi connectivity index (χ1v) is 12.9. The third-order valence-electron chi connectivity index (χ3n) is 10.0. The molecule has 3 saturated carbocycles. The lowest BCUT2D eigenvalue weighted by atomic mass is 9.39. The van der Waals surface area contributed by atoms with E-state index in [2.05, 4.69) is 6.58 Å². The largest absolute Gasteiger partial charge is 0.394 e. The molecule has 4 fully saturated rings. The van der Waals surface area contributed by atoms with Gasteiger partial charge in [0.05, 0.1) is 24.4 Å². The number of allylic oxidation sites excluding steroid dienone is 1. The summed E-state index contributed by atoms with van der Waals surface area (Å²) in [5, 5.41) is 86.4. The topological polar surface area (TPSA) is 197 Å². The maximum Gasteiger partial charge on any atom is 0.191 e. The van der Waals surface area contributed by atoms with Gasteiger partial charge in [-0.1, -0.05) is 33.8 Å². The number of ether oxygens (including phenoxy) is 2. The number of rotatable bonds is 4. The summed E-state index contributed by atoms with van der Waals surface area (Å²) in [6.45, 7) is 9.98. The van der Waals surface area contributed by atoms with Crippen molar-refractivity contribution in [1.29, 1.82) is 0 Å². The number of carbonyl (C=O) groups excluding carboxylic acids is 1. The predicted molar refractivity (Wildman–Crippen MR) is 128 cm³/mol. The summed E-state index contributed by atoms with van der Waals surface area (Å²) in [5.74, 6) is -2.47. The van der Waals surface area contributed by atoms with Crippen LogP contribution in [0.2, 0.25) is 0 Å². The molecule has 0 aromatic heterocycles. The van der Waals surface area contributed by atoms with Crippen LogP contribution in [0.15, 0.2) is 12.7 Å². The molecule has 0 radical (unpaired) electrons. The van der Waals surface area contributed by atoms with Crippen molar-refractivity contribution in [2.24, 2.45) is 28.1 Å². The first-order valence-electron chi connectivity index (χ1n) is 12.9. The summed E-state index contributed by atoms with van der Waals surface area (Å²) < 4.78 is 11.5. The van der Waals surface area contributed by atoms with Gasteiger partial charge in [0.2, 0.25) is 0 Å². The molecule has 0 unspecified atom stereocenters. The second-order valence-electron chi connectivity index (χ2n) is 12.8. The molecule has 8 N–H and O–H groups in total. The predicted octanol–water partition coefficient (Wildman–Crippen LogP) is -1.78. The summed E-state index contributed by atoms with van der Waals surface area (Å²) in [6.07, 6.45) is -11.8. The van der Waals surface area contributed by atoms with Crippen molar-refractivity contribution in [2.45, 2.75) is 108 Å². The quantitative estimate of drug-likeness (QED) is 0.191. The molecule has 0 aromatic rings. The van der Waals surface area contributed by atoms with E-state index in [0.29, 0.717) is 0 Å². The average Bonchev–Trinajstić information content (AvgIpc) is 2.82. The third kappa shape index (κ3) is 4.05. The molecule has 37 heavy (non-hydrogen) atoms. The van der Waals surface area contributed by atoms with Gasteiger partial charge in [-0.05, 0) is 30.6 Å². The highest BCUT2D eigenvalue weighted by Gasteiger charge is 2.73. The van der Waals surface area contributed by atoms with Gasteiger partial charge in [0.25, 0.3) is 0 Å². The molecule has 0 spiro atoms. The molecule has 1 aliphatic heterocycles. The van der Waals surface area contributed by atoms with Crippen molar-refractivity contribution >= 4 is 5.78 Å². The smallest absolute Gasteiger partial charge is 0.191 e. The summed E-state index contributed by atoms with van der Waals surface area (Å²) in [6, 6.07) is 0. The van der Waals surface area contributed by atoms with Gasteiger partial charge in [-0.15, -0.1) is 6.58 Å².